The number of nitrogens with zero attached hydrogens (tertiary/aromatic N) is 4. The highest BCUT2D eigenvalue weighted by molar-refractivity contribution is 6.23. The van der Waals surface area contributed by atoms with Crippen LogP contribution in [0.2, 0.25) is 0 Å². The second-order valence-corrected chi connectivity index (χ2v) is 14.9. The standard InChI is InChI=1S/C53H34N4/c1-3-14-35(15-4-1)47-33-50(55-53(54-47)36-16-5-2-6-17-36)57-49-25-12-10-21-43(49)45-31-30-44-42-20-9-11-24-48(42)56(51(44)52(45)57)38-28-26-34(27-29-38)39-22-13-23-41-40-19-8-7-18-37(40)32-46(39)41/h1-31,33H,32H2. The molecular formula is C53H34N4. The summed E-state index contributed by atoms with van der Waals surface area (Å²) in [5.74, 6) is 1.52. The smallest absolute Gasteiger partial charge is 0.162 e. The van der Waals surface area contributed by atoms with Gasteiger partial charge in [-0.3, -0.25) is 4.57 Å². The molecule has 1 aliphatic carbocycles. The first-order valence-electron chi connectivity index (χ1n) is 19.6. The third-order valence-corrected chi connectivity index (χ3v) is 11.8. The summed E-state index contributed by atoms with van der Waals surface area (Å²) in [6.07, 6.45) is 0.958. The van der Waals surface area contributed by atoms with E-state index in [1.54, 1.807) is 0 Å². The quantitative estimate of drug-likeness (QED) is 0.177. The predicted octanol–water partition coefficient (Wildman–Crippen LogP) is 13.2. The number of hydrogen-bond donors (Lipinski definition) is 0. The molecule has 0 saturated heterocycles. The van der Waals surface area contributed by atoms with Gasteiger partial charge in [0.1, 0.15) is 5.82 Å². The largest absolute Gasteiger partial charge is 0.307 e. The van der Waals surface area contributed by atoms with Gasteiger partial charge in [-0.15, -0.1) is 0 Å². The molecule has 0 bridgehead atoms. The molecule has 0 atom stereocenters. The Kier molecular flexibility index (Phi) is 6.96. The van der Waals surface area contributed by atoms with Gasteiger partial charge in [-0.2, -0.15) is 0 Å². The number of rotatable bonds is 5. The first-order chi connectivity index (χ1) is 28.3. The number of benzene rings is 8. The first kappa shape index (κ1) is 31.8. The van der Waals surface area contributed by atoms with Crippen molar-refractivity contribution in [1.82, 2.24) is 19.1 Å². The van der Waals surface area contributed by atoms with E-state index in [-0.39, 0.29) is 0 Å². The molecule has 8 aromatic carbocycles. The SMILES string of the molecule is c1ccc(-c2cc(-n3c4ccccc4c4ccc5c6ccccc6n(-c6ccc(-c7cccc8c7Cc7ccccc7-8)cc6)c5c43)nc(-c3ccccc3)n2)cc1. The maximum atomic E-state index is 5.37. The number of fused-ring (bicyclic) bond motifs is 10. The molecule has 0 radical (unpaired) electrons. The molecule has 0 amide bonds. The number of hydrogen-bond acceptors (Lipinski definition) is 2. The summed E-state index contributed by atoms with van der Waals surface area (Å²) in [4.78, 5) is 10.5. The van der Waals surface area contributed by atoms with Gasteiger partial charge >= 0.3 is 0 Å². The van der Waals surface area contributed by atoms with Gasteiger partial charge in [0.2, 0.25) is 0 Å². The Hall–Kier alpha value is -7.56. The van der Waals surface area contributed by atoms with Crippen molar-refractivity contribution in [2.45, 2.75) is 6.42 Å². The molecular weight excluding hydrogens is 693 g/mol. The Balaban J connectivity index is 1.12. The molecule has 4 nitrogen and oxygen atoms in total. The predicted molar refractivity (Wildman–Crippen MR) is 235 cm³/mol. The zero-order chi connectivity index (χ0) is 37.5. The van der Waals surface area contributed by atoms with Crippen molar-refractivity contribution >= 4 is 43.6 Å². The molecule has 12 rings (SSSR count). The zero-order valence-electron chi connectivity index (χ0n) is 31.0. The van der Waals surface area contributed by atoms with Crippen molar-refractivity contribution in [3.8, 4) is 56.4 Å². The Morgan fingerprint density at radius 3 is 1.70 bits per heavy atom. The summed E-state index contributed by atoms with van der Waals surface area (Å²) in [6, 6.07) is 69.7. The van der Waals surface area contributed by atoms with Crippen LogP contribution in [0.1, 0.15) is 11.1 Å². The maximum Gasteiger partial charge on any atom is 0.162 e. The van der Waals surface area contributed by atoms with Crippen LogP contribution in [0.25, 0.3) is 100 Å². The van der Waals surface area contributed by atoms with E-state index in [4.69, 9.17) is 9.97 Å². The van der Waals surface area contributed by atoms with Gasteiger partial charge < -0.3 is 4.57 Å². The highest BCUT2D eigenvalue weighted by Gasteiger charge is 2.24. The van der Waals surface area contributed by atoms with Gasteiger partial charge in [0, 0.05) is 44.4 Å². The summed E-state index contributed by atoms with van der Waals surface area (Å²) in [5.41, 5.74) is 16.6. The summed E-state index contributed by atoms with van der Waals surface area (Å²) < 4.78 is 4.82. The maximum absolute atomic E-state index is 5.37. The minimum Gasteiger partial charge on any atom is -0.307 e. The average molecular weight is 727 g/mol. The Morgan fingerprint density at radius 1 is 0.386 bits per heavy atom. The van der Waals surface area contributed by atoms with E-state index in [2.05, 4.69) is 179 Å². The summed E-state index contributed by atoms with van der Waals surface area (Å²) in [5, 5.41) is 4.78. The van der Waals surface area contributed by atoms with Gasteiger partial charge in [-0.1, -0.05) is 164 Å². The van der Waals surface area contributed by atoms with Gasteiger partial charge in [-0.25, -0.2) is 9.97 Å². The highest BCUT2D eigenvalue weighted by Crippen LogP contribution is 2.44. The van der Waals surface area contributed by atoms with E-state index >= 15 is 0 Å². The third kappa shape index (κ3) is 4.87. The lowest BCUT2D eigenvalue weighted by Gasteiger charge is -2.15. The molecule has 266 valence electrons. The van der Waals surface area contributed by atoms with Crippen LogP contribution in [0.4, 0.5) is 0 Å². The van der Waals surface area contributed by atoms with Crippen LogP contribution in [-0.2, 0) is 6.42 Å². The lowest BCUT2D eigenvalue weighted by Crippen LogP contribution is -2.04. The molecule has 0 N–H and O–H groups in total. The first-order valence-corrected chi connectivity index (χ1v) is 19.6. The molecule has 0 saturated carbocycles. The van der Waals surface area contributed by atoms with Crippen LogP contribution < -0.4 is 0 Å². The van der Waals surface area contributed by atoms with Crippen LogP contribution in [0.15, 0.2) is 194 Å². The lowest BCUT2D eigenvalue weighted by atomic mass is 9.95. The van der Waals surface area contributed by atoms with E-state index in [0.717, 1.165) is 51.3 Å². The van der Waals surface area contributed by atoms with E-state index in [1.807, 2.05) is 24.3 Å². The normalized spacial score (nSPS) is 12.1. The molecule has 1 aliphatic rings. The average Bonchev–Trinajstić information content (AvgIpc) is 3.95. The zero-order valence-corrected chi connectivity index (χ0v) is 31.0. The Labute approximate surface area is 329 Å². The van der Waals surface area contributed by atoms with Gasteiger partial charge in [0.15, 0.2) is 5.82 Å². The van der Waals surface area contributed by atoms with Crippen molar-refractivity contribution in [3.63, 3.8) is 0 Å². The topological polar surface area (TPSA) is 35.6 Å². The van der Waals surface area contributed by atoms with Gasteiger partial charge in [0.25, 0.3) is 0 Å². The Bertz CT molecular complexity index is 3300. The van der Waals surface area contributed by atoms with Crippen molar-refractivity contribution < 1.29 is 0 Å². The number of para-hydroxylation sites is 2. The van der Waals surface area contributed by atoms with E-state index in [1.165, 1.54) is 60.4 Å². The third-order valence-electron chi connectivity index (χ3n) is 11.8. The molecule has 3 heterocycles. The second-order valence-electron chi connectivity index (χ2n) is 14.9. The molecule has 3 aromatic heterocycles. The van der Waals surface area contributed by atoms with Crippen molar-refractivity contribution in [2.24, 2.45) is 0 Å². The van der Waals surface area contributed by atoms with Crippen molar-refractivity contribution in [2.75, 3.05) is 0 Å². The molecule has 11 aromatic rings. The fourth-order valence-electron chi connectivity index (χ4n) is 9.25. The molecule has 0 aliphatic heterocycles. The van der Waals surface area contributed by atoms with Crippen molar-refractivity contribution in [3.05, 3.63) is 205 Å². The summed E-state index contributed by atoms with van der Waals surface area (Å²) in [6.45, 7) is 0. The van der Waals surface area contributed by atoms with E-state index in [9.17, 15) is 0 Å². The van der Waals surface area contributed by atoms with E-state index in [0.29, 0.717) is 5.82 Å². The molecule has 0 fully saturated rings. The van der Waals surface area contributed by atoms with Gasteiger partial charge in [-0.05, 0) is 64.1 Å². The summed E-state index contributed by atoms with van der Waals surface area (Å²) in [7, 11) is 0. The minimum absolute atomic E-state index is 0.691. The summed E-state index contributed by atoms with van der Waals surface area (Å²) >= 11 is 0. The fourth-order valence-corrected chi connectivity index (χ4v) is 9.25. The molecule has 0 unspecified atom stereocenters. The Morgan fingerprint density at radius 2 is 0.965 bits per heavy atom. The van der Waals surface area contributed by atoms with Gasteiger partial charge in [0.05, 0.1) is 27.8 Å². The number of aromatic nitrogens is 4. The van der Waals surface area contributed by atoms with Crippen LogP contribution >= 0.6 is 0 Å². The van der Waals surface area contributed by atoms with Crippen LogP contribution in [0.5, 0.6) is 0 Å². The molecule has 57 heavy (non-hydrogen) atoms. The molecule has 0 spiro atoms. The minimum atomic E-state index is 0.691. The second kappa shape index (κ2) is 12.5. The molecule has 4 heteroatoms. The van der Waals surface area contributed by atoms with Crippen LogP contribution in [0.3, 0.4) is 0 Å². The van der Waals surface area contributed by atoms with E-state index < -0.39 is 0 Å². The highest BCUT2D eigenvalue weighted by atomic mass is 15.1. The van der Waals surface area contributed by atoms with Crippen LogP contribution in [-0.4, -0.2) is 19.1 Å². The fraction of sp³-hybridized carbons (Fsp3) is 0.0189. The van der Waals surface area contributed by atoms with Crippen LogP contribution in [0, 0.1) is 0 Å². The monoisotopic (exact) mass is 726 g/mol. The van der Waals surface area contributed by atoms with Crippen molar-refractivity contribution in [1.29, 1.82) is 0 Å². The lowest BCUT2D eigenvalue weighted by molar-refractivity contribution is 1.05.